The fourth-order valence-electron chi connectivity index (χ4n) is 4.10. The van der Waals surface area contributed by atoms with Gasteiger partial charge in [-0.25, -0.2) is 0 Å². The highest BCUT2D eigenvalue weighted by Gasteiger charge is 2.33. The molecule has 0 aromatic heterocycles. The Kier molecular flexibility index (Phi) is 8.18. The highest BCUT2D eigenvalue weighted by molar-refractivity contribution is 6.30. The van der Waals surface area contributed by atoms with Crippen LogP contribution in [0.5, 0.6) is 0 Å². The third-order valence-corrected chi connectivity index (χ3v) is 5.92. The van der Waals surface area contributed by atoms with Gasteiger partial charge in [0, 0.05) is 31.1 Å². The summed E-state index contributed by atoms with van der Waals surface area (Å²) in [5.41, 5.74) is 1.18. The van der Waals surface area contributed by atoms with Crippen molar-refractivity contribution in [1.82, 2.24) is 4.90 Å². The molecule has 1 aliphatic rings. The number of amides is 1. The minimum atomic E-state index is -0.149. The van der Waals surface area contributed by atoms with E-state index in [1.807, 2.05) is 12.1 Å². The number of rotatable bonds is 8. The molecule has 3 nitrogen and oxygen atoms in total. The fraction of sp³-hybridized carbons (Fsp3) is 0.696. The maximum atomic E-state index is 12.4. The monoisotopic (exact) mass is 393 g/mol. The van der Waals surface area contributed by atoms with Gasteiger partial charge in [-0.3, -0.25) is 4.79 Å². The van der Waals surface area contributed by atoms with Gasteiger partial charge < -0.3 is 9.64 Å². The smallest absolute Gasteiger partial charge is 0.219 e. The van der Waals surface area contributed by atoms with Crippen molar-refractivity contribution in [1.29, 1.82) is 0 Å². The summed E-state index contributed by atoms with van der Waals surface area (Å²) in [6.45, 7) is 12.0. The first-order valence-corrected chi connectivity index (χ1v) is 10.7. The molecule has 0 bridgehead atoms. The molecule has 4 heteroatoms. The van der Waals surface area contributed by atoms with Crippen LogP contribution in [0.1, 0.15) is 78.2 Å². The molecule has 0 aliphatic carbocycles. The van der Waals surface area contributed by atoms with Gasteiger partial charge in [0.05, 0.1) is 5.60 Å². The Labute approximate surface area is 170 Å². The summed E-state index contributed by atoms with van der Waals surface area (Å²) in [4.78, 5) is 14.5. The van der Waals surface area contributed by atoms with Gasteiger partial charge in [-0.15, -0.1) is 0 Å². The SMILES string of the molecule is CC(=O)N(CC[C@H](CCC(C)C)c1ccc(Cl)cc1)[C@@H]1CCOC(C)(C)C1. The molecule has 0 N–H and O–H groups in total. The quantitative estimate of drug-likeness (QED) is 0.537. The standard InChI is InChI=1S/C23H36ClNO2/c1-17(2)6-7-20(19-8-10-21(24)11-9-19)12-14-25(18(3)26)22-13-15-27-23(4,5)16-22/h8-11,17,20,22H,6-7,12-16H2,1-5H3/t20-,22+/m0/s1. The maximum Gasteiger partial charge on any atom is 0.219 e. The van der Waals surface area contributed by atoms with E-state index in [9.17, 15) is 4.79 Å². The molecule has 2 atom stereocenters. The summed E-state index contributed by atoms with van der Waals surface area (Å²) >= 11 is 6.08. The summed E-state index contributed by atoms with van der Waals surface area (Å²) in [5.74, 6) is 1.32. The molecule has 1 heterocycles. The first-order chi connectivity index (χ1) is 12.7. The van der Waals surface area contributed by atoms with E-state index in [0.717, 1.165) is 43.9 Å². The molecular weight excluding hydrogens is 358 g/mol. The molecule has 0 unspecified atom stereocenters. The van der Waals surface area contributed by atoms with Crippen molar-refractivity contribution in [2.45, 2.75) is 84.3 Å². The van der Waals surface area contributed by atoms with E-state index in [4.69, 9.17) is 16.3 Å². The number of carbonyl (C=O) groups is 1. The topological polar surface area (TPSA) is 29.5 Å². The van der Waals surface area contributed by atoms with Gasteiger partial charge in [-0.1, -0.05) is 44.0 Å². The summed E-state index contributed by atoms with van der Waals surface area (Å²) in [7, 11) is 0. The van der Waals surface area contributed by atoms with E-state index in [1.165, 1.54) is 12.0 Å². The van der Waals surface area contributed by atoms with Crippen molar-refractivity contribution in [3.05, 3.63) is 34.9 Å². The third-order valence-electron chi connectivity index (χ3n) is 5.67. The van der Waals surface area contributed by atoms with Gasteiger partial charge in [0.1, 0.15) is 0 Å². The number of halogens is 1. The zero-order valence-electron chi connectivity index (χ0n) is 17.6. The van der Waals surface area contributed by atoms with Crippen LogP contribution in [0.3, 0.4) is 0 Å². The van der Waals surface area contributed by atoms with Crippen LogP contribution in [-0.2, 0) is 9.53 Å². The third kappa shape index (κ3) is 7.12. The predicted molar refractivity (Wildman–Crippen MR) is 113 cm³/mol. The van der Waals surface area contributed by atoms with Gasteiger partial charge in [-0.05, 0) is 69.1 Å². The second-order valence-corrected chi connectivity index (χ2v) is 9.41. The molecule has 1 fully saturated rings. The number of hydrogen-bond donors (Lipinski definition) is 0. The molecule has 1 aliphatic heterocycles. The molecular formula is C23H36ClNO2. The molecule has 1 aromatic rings. The summed E-state index contributed by atoms with van der Waals surface area (Å²) in [6, 6.07) is 8.51. The van der Waals surface area contributed by atoms with E-state index < -0.39 is 0 Å². The van der Waals surface area contributed by atoms with Crippen molar-refractivity contribution < 1.29 is 9.53 Å². The highest BCUT2D eigenvalue weighted by atomic mass is 35.5. The average Bonchev–Trinajstić information content (AvgIpc) is 2.57. The number of ether oxygens (including phenoxy) is 1. The Morgan fingerprint density at radius 2 is 1.89 bits per heavy atom. The van der Waals surface area contributed by atoms with Crippen LogP contribution in [0.2, 0.25) is 5.02 Å². The van der Waals surface area contributed by atoms with E-state index >= 15 is 0 Å². The fourth-order valence-corrected chi connectivity index (χ4v) is 4.23. The van der Waals surface area contributed by atoms with Gasteiger partial charge in [0.25, 0.3) is 0 Å². The zero-order chi connectivity index (χ0) is 20.0. The lowest BCUT2D eigenvalue weighted by Crippen LogP contribution is -2.48. The van der Waals surface area contributed by atoms with Crippen LogP contribution >= 0.6 is 11.6 Å². The molecule has 1 aromatic carbocycles. The summed E-state index contributed by atoms with van der Waals surface area (Å²) in [5, 5.41) is 0.774. The largest absolute Gasteiger partial charge is 0.375 e. The van der Waals surface area contributed by atoms with E-state index in [-0.39, 0.29) is 17.6 Å². The second-order valence-electron chi connectivity index (χ2n) is 8.98. The lowest BCUT2D eigenvalue weighted by Gasteiger charge is -2.41. The van der Waals surface area contributed by atoms with Crippen molar-refractivity contribution in [3.63, 3.8) is 0 Å². The molecule has 152 valence electrons. The Morgan fingerprint density at radius 3 is 2.44 bits per heavy atom. The lowest BCUT2D eigenvalue weighted by molar-refractivity contribution is -0.138. The Morgan fingerprint density at radius 1 is 1.22 bits per heavy atom. The Bertz CT molecular complexity index is 597. The lowest BCUT2D eigenvalue weighted by atomic mass is 9.87. The van der Waals surface area contributed by atoms with Crippen molar-refractivity contribution in [2.75, 3.05) is 13.2 Å². The van der Waals surface area contributed by atoms with Gasteiger partial charge in [0.2, 0.25) is 5.91 Å². The number of carbonyl (C=O) groups excluding carboxylic acids is 1. The summed E-state index contributed by atoms with van der Waals surface area (Å²) in [6.07, 6.45) is 5.17. The first kappa shape index (κ1) is 22.2. The number of nitrogens with zero attached hydrogens (tertiary/aromatic N) is 1. The van der Waals surface area contributed by atoms with Crippen LogP contribution in [-0.4, -0.2) is 35.6 Å². The van der Waals surface area contributed by atoms with Crippen LogP contribution in [0.4, 0.5) is 0 Å². The van der Waals surface area contributed by atoms with Crippen LogP contribution < -0.4 is 0 Å². The van der Waals surface area contributed by atoms with Crippen LogP contribution in [0.15, 0.2) is 24.3 Å². The molecule has 0 spiro atoms. The first-order valence-electron chi connectivity index (χ1n) is 10.3. The summed E-state index contributed by atoms with van der Waals surface area (Å²) < 4.78 is 5.85. The average molecular weight is 394 g/mol. The van der Waals surface area contributed by atoms with Crippen molar-refractivity contribution in [2.24, 2.45) is 5.92 Å². The molecule has 0 saturated carbocycles. The Balaban J connectivity index is 2.07. The minimum Gasteiger partial charge on any atom is -0.375 e. The van der Waals surface area contributed by atoms with Gasteiger partial charge in [0.15, 0.2) is 0 Å². The van der Waals surface area contributed by atoms with Crippen LogP contribution in [0.25, 0.3) is 0 Å². The minimum absolute atomic E-state index is 0.149. The highest BCUT2D eigenvalue weighted by Crippen LogP contribution is 2.31. The second kappa shape index (κ2) is 9.93. The van der Waals surface area contributed by atoms with Crippen molar-refractivity contribution >= 4 is 17.5 Å². The van der Waals surface area contributed by atoms with E-state index in [2.05, 4.69) is 44.7 Å². The number of hydrogen-bond acceptors (Lipinski definition) is 2. The molecule has 1 amide bonds. The Hall–Kier alpha value is -1.06. The van der Waals surface area contributed by atoms with E-state index in [1.54, 1.807) is 6.92 Å². The molecule has 1 saturated heterocycles. The molecule has 2 rings (SSSR count). The predicted octanol–water partition coefficient (Wildman–Crippen LogP) is 6.06. The van der Waals surface area contributed by atoms with Gasteiger partial charge in [-0.2, -0.15) is 0 Å². The van der Waals surface area contributed by atoms with Gasteiger partial charge >= 0.3 is 0 Å². The van der Waals surface area contributed by atoms with E-state index in [0.29, 0.717) is 11.8 Å². The molecule has 27 heavy (non-hydrogen) atoms. The van der Waals surface area contributed by atoms with Crippen molar-refractivity contribution in [3.8, 4) is 0 Å². The molecule has 0 radical (unpaired) electrons. The van der Waals surface area contributed by atoms with Crippen LogP contribution in [0, 0.1) is 5.92 Å². The zero-order valence-corrected chi connectivity index (χ0v) is 18.4. The maximum absolute atomic E-state index is 12.4. The number of benzene rings is 1. The normalized spacial score (nSPS) is 20.5.